The fourth-order valence-corrected chi connectivity index (χ4v) is 7.07. The molecule has 0 aromatic heterocycles. The summed E-state index contributed by atoms with van der Waals surface area (Å²) >= 11 is 0. The SMILES string of the molecule is CC/C=C\C/C=C\C/C=C\CCCCCCCC(=O)O[C@H](COC(=O)CCC/C=C\[C@H](O)/C=C/C=C\C/C=C\C=C\[C@H](O)C/C=C\CC)COP(=O)(O)OC1[C@H](O)[C@H](O)C(O)[C@H](O)[C@H]1O. The Kier molecular flexibility index (Phi) is 34.3. The molecule has 0 aromatic carbocycles. The Balaban J connectivity index is 2.59. The summed E-state index contributed by atoms with van der Waals surface area (Å²) in [7, 11) is -5.18. The van der Waals surface area contributed by atoms with E-state index in [2.05, 4.69) is 43.4 Å². The molecule has 0 aromatic rings. The molecule has 1 rings (SSSR count). The minimum atomic E-state index is -5.18. The van der Waals surface area contributed by atoms with E-state index in [1.165, 1.54) is 0 Å². The Morgan fingerprint density at radius 2 is 1.11 bits per heavy atom. The summed E-state index contributed by atoms with van der Waals surface area (Å²) < 4.78 is 33.3. The molecule has 0 radical (unpaired) electrons. The maximum atomic E-state index is 12.8. The number of carbonyl (C=O) groups excluding carboxylic acids is 2. The molecule has 15 nitrogen and oxygen atoms in total. The van der Waals surface area contributed by atoms with Gasteiger partial charge < -0.3 is 50.1 Å². The first kappa shape index (κ1) is 59.4. The average Bonchev–Trinajstić information content (AvgIpc) is 3.28. The summed E-state index contributed by atoms with van der Waals surface area (Å²) in [6, 6.07) is 0. The van der Waals surface area contributed by atoms with Gasteiger partial charge in [0.15, 0.2) is 6.10 Å². The van der Waals surface area contributed by atoms with E-state index < -0.39 is 87.9 Å². The normalized spacial score (nSPS) is 23.4. The summed E-state index contributed by atoms with van der Waals surface area (Å²) in [4.78, 5) is 35.7. The highest BCUT2D eigenvalue weighted by Gasteiger charge is 2.51. The number of phosphoric acid groups is 1. The van der Waals surface area contributed by atoms with Gasteiger partial charge in [-0.15, -0.1) is 0 Å². The molecule has 0 aliphatic heterocycles. The topological polar surface area (TPSA) is 250 Å². The molecule has 10 atom stereocenters. The van der Waals surface area contributed by atoms with Crippen LogP contribution in [0, 0.1) is 0 Å². The van der Waals surface area contributed by atoms with Gasteiger partial charge in [0.25, 0.3) is 0 Å². The van der Waals surface area contributed by atoms with Crippen molar-refractivity contribution in [3.05, 3.63) is 109 Å². The third kappa shape index (κ3) is 30.4. The standard InChI is InChI=1S/C49H77O15P/c1-3-5-7-8-9-10-11-12-13-14-15-16-20-23-29-36-43(53)63-41(38-62-65(59,60)64-49-47(57)45(55)44(54)46(56)48(49)58)37-61-42(52)35-30-24-28-34-40(51)33-27-22-19-17-18-21-26-32-39(50)31-25-6-4-2/h5-7,9-10,12-13,18-19,21-22,25-28,32-34,39-41,44-51,54-58H,3-4,8,11,14-17,20,23-24,29-31,35-38H2,1-2H3,(H,59,60)/b7-5-,10-9-,13-12-,21-18-,22-19-,25-6-,32-26+,33-27+,34-28-/t39-,40-,41-,44?,45-,46+,47-,48-,49?/m1/s1. The Morgan fingerprint density at radius 1 is 0.569 bits per heavy atom. The number of ether oxygens (including phenoxy) is 2. The van der Waals surface area contributed by atoms with Gasteiger partial charge in [-0.05, 0) is 70.6 Å². The second kappa shape index (κ2) is 37.5. The van der Waals surface area contributed by atoms with E-state index in [1.54, 1.807) is 42.5 Å². The van der Waals surface area contributed by atoms with E-state index >= 15 is 0 Å². The average molecular weight is 937 g/mol. The molecule has 1 aliphatic rings. The van der Waals surface area contributed by atoms with E-state index in [1.807, 2.05) is 37.3 Å². The van der Waals surface area contributed by atoms with Crippen LogP contribution in [0.4, 0.5) is 0 Å². The summed E-state index contributed by atoms with van der Waals surface area (Å²) in [6.07, 6.45) is 30.6. The predicted octanol–water partition coefficient (Wildman–Crippen LogP) is 6.77. The molecule has 0 saturated heterocycles. The molecule has 1 fully saturated rings. The van der Waals surface area contributed by atoms with Gasteiger partial charge >= 0.3 is 19.8 Å². The van der Waals surface area contributed by atoms with Crippen molar-refractivity contribution >= 4 is 19.8 Å². The number of rotatable bonds is 35. The molecular formula is C49H77O15P. The summed E-state index contributed by atoms with van der Waals surface area (Å²) in [5.41, 5.74) is 0. The van der Waals surface area contributed by atoms with Gasteiger partial charge in [0, 0.05) is 12.8 Å². The number of allylic oxidation sites excluding steroid dienone is 14. The zero-order chi connectivity index (χ0) is 48.1. The zero-order valence-electron chi connectivity index (χ0n) is 38.2. The van der Waals surface area contributed by atoms with Crippen molar-refractivity contribution in [3.63, 3.8) is 0 Å². The summed E-state index contributed by atoms with van der Waals surface area (Å²) in [5, 5.41) is 70.2. The largest absolute Gasteiger partial charge is 0.472 e. The second-order valence-corrected chi connectivity index (χ2v) is 16.9. The van der Waals surface area contributed by atoms with Crippen molar-refractivity contribution in [2.45, 2.75) is 172 Å². The third-order valence-corrected chi connectivity index (χ3v) is 10.8. The number of carbonyl (C=O) groups is 2. The van der Waals surface area contributed by atoms with E-state index in [9.17, 15) is 54.8 Å². The van der Waals surface area contributed by atoms with Crippen molar-refractivity contribution in [3.8, 4) is 0 Å². The molecule has 1 aliphatic carbocycles. The number of esters is 2. The summed E-state index contributed by atoms with van der Waals surface area (Å²) in [6.45, 7) is 2.80. The fourth-order valence-electron chi connectivity index (χ4n) is 6.10. The Labute approximate surface area is 386 Å². The van der Waals surface area contributed by atoms with Crippen LogP contribution in [0.25, 0.3) is 0 Å². The zero-order valence-corrected chi connectivity index (χ0v) is 39.1. The van der Waals surface area contributed by atoms with Gasteiger partial charge in [0.1, 0.15) is 43.2 Å². The number of phosphoric ester groups is 1. The number of unbranched alkanes of at least 4 members (excludes halogenated alkanes) is 6. The number of hydrogen-bond donors (Lipinski definition) is 8. The Bertz CT molecular complexity index is 1580. The van der Waals surface area contributed by atoms with Crippen molar-refractivity contribution in [1.29, 1.82) is 0 Å². The van der Waals surface area contributed by atoms with E-state index in [4.69, 9.17) is 18.5 Å². The Morgan fingerprint density at radius 3 is 1.78 bits per heavy atom. The van der Waals surface area contributed by atoms with Crippen molar-refractivity contribution in [2.24, 2.45) is 0 Å². The first-order valence-electron chi connectivity index (χ1n) is 22.9. The summed E-state index contributed by atoms with van der Waals surface area (Å²) in [5.74, 6) is -1.32. The smallest absolute Gasteiger partial charge is 0.462 e. The lowest BCUT2D eigenvalue weighted by molar-refractivity contribution is -0.220. The molecule has 65 heavy (non-hydrogen) atoms. The first-order chi connectivity index (χ1) is 31.2. The molecule has 0 spiro atoms. The van der Waals surface area contributed by atoms with Gasteiger partial charge in [-0.3, -0.25) is 18.6 Å². The quantitative estimate of drug-likeness (QED) is 0.0107. The monoisotopic (exact) mass is 937 g/mol. The van der Waals surface area contributed by atoms with Gasteiger partial charge in [-0.2, -0.15) is 0 Å². The molecular weight excluding hydrogens is 859 g/mol. The second-order valence-electron chi connectivity index (χ2n) is 15.5. The van der Waals surface area contributed by atoms with E-state index in [-0.39, 0.29) is 12.8 Å². The fraction of sp³-hybridized carbons (Fsp3) is 0.592. The number of hydrogen-bond acceptors (Lipinski definition) is 14. The maximum Gasteiger partial charge on any atom is 0.472 e. The molecule has 8 N–H and O–H groups in total. The minimum Gasteiger partial charge on any atom is -0.462 e. The molecule has 3 unspecified atom stereocenters. The van der Waals surface area contributed by atoms with Crippen LogP contribution in [-0.2, 0) is 32.7 Å². The van der Waals surface area contributed by atoms with Gasteiger partial charge in [-0.1, -0.05) is 142 Å². The minimum absolute atomic E-state index is 0.0268. The highest BCUT2D eigenvalue weighted by atomic mass is 31.2. The molecule has 368 valence electrons. The van der Waals surface area contributed by atoms with Crippen molar-refractivity contribution in [1.82, 2.24) is 0 Å². The van der Waals surface area contributed by atoms with Crippen molar-refractivity contribution in [2.75, 3.05) is 13.2 Å². The van der Waals surface area contributed by atoms with E-state index in [0.29, 0.717) is 32.1 Å². The highest BCUT2D eigenvalue weighted by Crippen LogP contribution is 2.47. The van der Waals surface area contributed by atoms with Crippen LogP contribution in [0.3, 0.4) is 0 Å². The third-order valence-electron chi connectivity index (χ3n) is 9.78. The van der Waals surface area contributed by atoms with E-state index in [0.717, 1.165) is 57.8 Å². The van der Waals surface area contributed by atoms with Crippen LogP contribution >= 0.6 is 7.82 Å². The lowest BCUT2D eigenvalue weighted by atomic mass is 9.85. The first-order valence-corrected chi connectivity index (χ1v) is 24.4. The highest BCUT2D eigenvalue weighted by molar-refractivity contribution is 7.47. The lowest BCUT2D eigenvalue weighted by Crippen LogP contribution is -2.64. The Hall–Kier alpha value is -3.57. The maximum absolute atomic E-state index is 12.8. The van der Waals surface area contributed by atoms with Crippen molar-refractivity contribution < 1.29 is 73.3 Å². The van der Waals surface area contributed by atoms with Crippen LogP contribution in [0.2, 0.25) is 0 Å². The predicted molar refractivity (Wildman–Crippen MR) is 251 cm³/mol. The van der Waals surface area contributed by atoms with Crippen LogP contribution in [0.5, 0.6) is 0 Å². The molecule has 0 bridgehead atoms. The van der Waals surface area contributed by atoms with Gasteiger partial charge in [0.05, 0.1) is 18.8 Å². The molecule has 16 heteroatoms. The van der Waals surface area contributed by atoms with Gasteiger partial charge in [0.2, 0.25) is 0 Å². The van der Waals surface area contributed by atoms with Crippen LogP contribution < -0.4 is 0 Å². The van der Waals surface area contributed by atoms with Crippen LogP contribution in [0.15, 0.2) is 109 Å². The van der Waals surface area contributed by atoms with Crippen LogP contribution in [0.1, 0.15) is 117 Å². The van der Waals surface area contributed by atoms with Gasteiger partial charge in [-0.25, -0.2) is 4.57 Å². The lowest BCUT2D eigenvalue weighted by Gasteiger charge is -2.41. The van der Waals surface area contributed by atoms with Crippen LogP contribution in [-0.4, -0.2) is 121 Å². The number of aliphatic hydroxyl groups excluding tert-OH is 7. The molecule has 0 heterocycles. The molecule has 1 saturated carbocycles. The molecule has 0 amide bonds. The number of aliphatic hydroxyl groups is 7.